The van der Waals surface area contributed by atoms with Gasteiger partial charge in [0.1, 0.15) is 0 Å². The first kappa shape index (κ1) is 11.0. The molecule has 1 aliphatic rings. The Hall–Kier alpha value is -0.0800. The predicted molar refractivity (Wildman–Crippen MR) is 55.6 cm³/mol. The largest absolute Gasteiger partial charge is 0.375 e. The zero-order valence-electron chi connectivity index (χ0n) is 9.18. The Balaban J connectivity index is 2.51. The summed E-state index contributed by atoms with van der Waals surface area (Å²) >= 11 is 0. The van der Waals surface area contributed by atoms with Gasteiger partial charge in [0.25, 0.3) is 0 Å². The van der Waals surface area contributed by atoms with Crippen LogP contribution in [-0.4, -0.2) is 18.2 Å². The van der Waals surface area contributed by atoms with Gasteiger partial charge in [-0.1, -0.05) is 13.8 Å². The molecular weight excluding hydrogens is 162 g/mol. The summed E-state index contributed by atoms with van der Waals surface area (Å²) in [5, 5.41) is 0. The average molecular weight is 185 g/mol. The normalized spacial score (nSPS) is 37.4. The van der Waals surface area contributed by atoms with Crippen LogP contribution in [0.1, 0.15) is 46.5 Å². The van der Waals surface area contributed by atoms with Crippen molar-refractivity contribution < 1.29 is 4.74 Å². The van der Waals surface area contributed by atoms with Gasteiger partial charge < -0.3 is 10.5 Å². The Morgan fingerprint density at radius 1 is 1.54 bits per heavy atom. The molecule has 2 N–H and O–H groups in total. The van der Waals surface area contributed by atoms with Crippen molar-refractivity contribution in [2.75, 3.05) is 6.61 Å². The second-order valence-corrected chi connectivity index (χ2v) is 4.48. The Labute approximate surface area is 81.8 Å². The van der Waals surface area contributed by atoms with E-state index < -0.39 is 0 Å². The minimum Gasteiger partial charge on any atom is -0.375 e. The molecule has 78 valence electrons. The van der Waals surface area contributed by atoms with Gasteiger partial charge in [-0.15, -0.1) is 0 Å². The van der Waals surface area contributed by atoms with Crippen molar-refractivity contribution in [3.63, 3.8) is 0 Å². The van der Waals surface area contributed by atoms with E-state index in [1.165, 1.54) is 0 Å². The lowest BCUT2D eigenvalue weighted by molar-refractivity contribution is -0.0907. The molecule has 0 amide bonds. The highest BCUT2D eigenvalue weighted by molar-refractivity contribution is 4.85. The molecule has 1 fully saturated rings. The van der Waals surface area contributed by atoms with E-state index in [1.807, 2.05) is 0 Å². The van der Waals surface area contributed by atoms with Crippen LogP contribution in [0.25, 0.3) is 0 Å². The van der Waals surface area contributed by atoms with E-state index >= 15 is 0 Å². The monoisotopic (exact) mass is 185 g/mol. The molecule has 2 nitrogen and oxygen atoms in total. The van der Waals surface area contributed by atoms with Gasteiger partial charge in [-0.2, -0.15) is 0 Å². The first-order valence-electron chi connectivity index (χ1n) is 5.51. The van der Waals surface area contributed by atoms with Gasteiger partial charge in [0.15, 0.2) is 0 Å². The first-order chi connectivity index (χ1) is 6.11. The molecule has 0 bridgehead atoms. The van der Waals surface area contributed by atoms with Crippen LogP contribution >= 0.6 is 0 Å². The van der Waals surface area contributed by atoms with Gasteiger partial charge in [0.2, 0.25) is 0 Å². The van der Waals surface area contributed by atoms with Gasteiger partial charge in [0, 0.05) is 12.6 Å². The van der Waals surface area contributed by atoms with Crippen molar-refractivity contribution in [3.05, 3.63) is 0 Å². The first-order valence-corrected chi connectivity index (χ1v) is 5.51. The molecule has 0 spiro atoms. The Kier molecular flexibility index (Phi) is 3.74. The summed E-state index contributed by atoms with van der Waals surface area (Å²) in [5.74, 6) is 0.670. The second kappa shape index (κ2) is 4.43. The Bertz CT molecular complexity index is 160. The van der Waals surface area contributed by atoms with E-state index in [2.05, 4.69) is 20.8 Å². The molecule has 1 rings (SSSR count). The highest BCUT2D eigenvalue weighted by atomic mass is 16.5. The summed E-state index contributed by atoms with van der Waals surface area (Å²) in [7, 11) is 0. The van der Waals surface area contributed by atoms with Crippen LogP contribution < -0.4 is 5.73 Å². The maximum absolute atomic E-state index is 6.07. The fourth-order valence-electron chi connectivity index (χ4n) is 2.12. The van der Waals surface area contributed by atoms with Crippen LogP contribution in [0.2, 0.25) is 0 Å². The van der Waals surface area contributed by atoms with Gasteiger partial charge in [-0.05, 0) is 38.5 Å². The molecule has 1 heterocycles. The van der Waals surface area contributed by atoms with E-state index in [4.69, 9.17) is 10.5 Å². The van der Waals surface area contributed by atoms with Crippen LogP contribution in [0.5, 0.6) is 0 Å². The molecule has 1 aliphatic heterocycles. The highest BCUT2D eigenvalue weighted by Crippen LogP contribution is 2.33. The molecule has 3 unspecified atom stereocenters. The van der Waals surface area contributed by atoms with Crippen LogP contribution in [0.4, 0.5) is 0 Å². The molecule has 1 saturated heterocycles. The summed E-state index contributed by atoms with van der Waals surface area (Å²) in [5.41, 5.74) is 6.16. The second-order valence-electron chi connectivity index (χ2n) is 4.48. The summed E-state index contributed by atoms with van der Waals surface area (Å²) in [4.78, 5) is 0. The van der Waals surface area contributed by atoms with Crippen LogP contribution in [-0.2, 0) is 4.74 Å². The Morgan fingerprint density at radius 3 is 2.77 bits per heavy atom. The van der Waals surface area contributed by atoms with Crippen molar-refractivity contribution in [1.29, 1.82) is 0 Å². The van der Waals surface area contributed by atoms with E-state index in [1.54, 1.807) is 0 Å². The third kappa shape index (κ3) is 2.68. The third-order valence-corrected chi connectivity index (χ3v) is 3.46. The number of hydrogen-bond donors (Lipinski definition) is 1. The van der Waals surface area contributed by atoms with Crippen molar-refractivity contribution >= 4 is 0 Å². The topological polar surface area (TPSA) is 35.2 Å². The fourth-order valence-corrected chi connectivity index (χ4v) is 2.12. The molecule has 0 aromatic heterocycles. The number of hydrogen-bond acceptors (Lipinski definition) is 2. The minimum atomic E-state index is 0.0930. The van der Waals surface area contributed by atoms with E-state index in [0.717, 1.165) is 32.3 Å². The lowest BCUT2D eigenvalue weighted by atomic mass is 9.81. The molecule has 0 aliphatic carbocycles. The highest BCUT2D eigenvalue weighted by Gasteiger charge is 2.33. The fraction of sp³-hybridized carbons (Fsp3) is 1.00. The molecule has 0 radical (unpaired) electrons. The van der Waals surface area contributed by atoms with Crippen LogP contribution in [0.3, 0.4) is 0 Å². The van der Waals surface area contributed by atoms with E-state index in [9.17, 15) is 0 Å². The van der Waals surface area contributed by atoms with Crippen LogP contribution in [0, 0.1) is 5.92 Å². The molecule has 3 atom stereocenters. The van der Waals surface area contributed by atoms with Crippen LogP contribution in [0.15, 0.2) is 0 Å². The number of ether oxygens (including phenoxy) is 1. The molecule has 0 aromatic carbocycles. The minimum absolute atomic E-state index is 0.0930. The summed E-state index contributed by atoms with van der Waals surface area (Å²) in [6.45, 7) is 7.47. The van der Waals surface area contributed by atoms with Gasteiger partial charge >= 0.3 is 0 Å². The maximum Gasteiger partial charge on any atom is 0.0655 e. The molecule has 0 aromatic rings. The lowest BCUT2D eigenvalue weighted by Crippen LogP contribution is -2.43. The molecule has 0 saturated carbocycles. The molecule has 13 heavy (non-hydrogen) atoms. The van der Waals surface area contributed by atoms with Crippen molar-refractivity contribution in [1.82, 2.24) is 0 Å². The zero-order valence-corrected chi connectivity index (χ0v) is 9.18. The molecule has 2 heteroatoms. The number of rotatable bonds is 3. The maximum atomic E-state index is 6.07. The predicted octanol–water partition coefficient (Wildman–Crippen LogP) is 2.32. The summed E-state index contributed by atoms with van der Waals surface area (Å²) < 4.78 is 5.78. The average Bonchev–Trinajstić information content (AvgIpc) is 2.17. The SMILES string of the molecule is CCC(N)C1CCOC(C)(CC)C1. The van der Waals surface area contributed by atoms with Gasteiger partial charge in [-0.25, -0.2) is 0 Å². The molecular formula is C11H23NO. The van der Waals surface area contributed by atoms with Crippen molar-refractivity contribution in [2.45, 2.75) is 58.1 Å². The van der Waals surface area contributed by atoms with Crippen molar-refractivity contribution in [3.8, 4) is 0 Å². The smallest absolute Gasteiger partial charge is 0.0655 e. The quantitative estimate of drug-likeness (QED) is 0.732. The summed E-state index contributed by atoms with van der Waals surface area (Å²) in [6.07, 6.45) is 4.47. The summed E-state index contributed by atoms with van der Waals surface area (Å²) in [6, 6.07) is 0.370. The Morgan fingerprint density at radius 2 is 2.23 bits per heavy atom. The standard InChI is InChI=1S/C11H23NO/c1-4-10(12)9-6-7-13-11(3,5-2)8-9/h9-10H,4-8,12H2,1-3H3. The van der Waals surface area contributed by atoms with Gasteiger partial charge in [0.05, 0.1) is 5.60 Å². The van der Waals surface area contributed by atoms with Gasteiger partial charge in [-0.3, -0.25) is 0 Å². The number of nitrogens with two attached hydrogens (primary N) is 1. The van der Waals surface area contributed by atoms with Crippen molar-refractivity contribution in [2.24, 2.45) is 11.7 Å². The van der Waals surface area contributed by atoms with E-state index in [0.29, 0.717) is 12.0 Å². The lowest BCUT2D eigenvalue weighted by Gasteiger charge is -2.39. The zero-order chi connectivity index (χ0) is 9.90. The van der Waals surface area contributed by atoms with E-state index in [-0.39, 0.29) is 5.60 Å². The third-order valence-electron chi connectivity index (χ3n) is 3.46.